The molecule has 0 aliphatic carbocycles. The summed E-state index contributed by atoms with van der Waals surface area (Å²) in [6.45, 7) is 0.882. The highest BCUT2D eigenvalue weighted by Gasteiger charge is 2.41. The van der Waals surface area contributed by atoms with Gasteiger partial charge in [0.25, 0.3) is 0 Å². The minimum atomic E-state index is -1.06. The van der Waals surface area contributed by atoms with Gasteiger partial charge in [0.15, 0.2) is 0 Å². The van der Waals surface area contributed by atoms with E-state index >= 15 is 0 Å². The van der Waals surface area contributed by atoms with E-state index < -0.39 is 10.8 Å². The van der Waals surface area contributed by atoms with Gasteiger partial charge in [0.2, 0.25) is 0 Å². The van der Waals surface area contributed by atoms with Crippen LogP contribution in [0, 0.1) is 0 Å². The fraction of sp³-hybridized carbons (Fsp3) is 0.846. The Balaban J connectivity index is 2.19. The molecular formula is C13H23N3O3S. The van der Waals surface area contributed by atoms with Crippen molar-refractivity contribution in [2.45, 2.75) is 49.1 Å². The van der Waals surface area contributed by atoms with Gasteiger partial charge < -0.3 is 9.94 Å². The van der Waals surface area contributed by atoms with Crippen LogP contribution in [0.5, 0.6) is 0 Å². The maximum absolute atomic E-state index is 12.0. The molecule has 6 nitrogen and oxygen atoms in total. The van der Waals surface area contributed by atoms with Crippen molar-refractivity contribution in [2.24, 2.45) is 10.1 Å². The summed E-state index contributed by atoms with van der Waals surface area (Å²) < 4.78 is 17.5. The molecule has 0 aromatic heterocycles. The number of piperidine rings is 1. The number of oxime groups is 1. The molecule has 0 amide bonds. The lowest BCUT2D eigenvalue weighted by atomic mass is 9.90. The van der Waals surface area contributed by atoms with Gasteiger partial charge in [-0.2, -0.15) is 0 Å². The molecule has 2 rings (SSSR count). The Morgan fingerprint density at radius 3 is 2.90 bits per heavy atom. The Morgan fingerprint density at radius 1 is 1.55 bits per heavy atom. The molecule has 5 atom stereocenters. The monoisotopic (exact) mass is 301 g/mol. The van der Waals surface area contributed by atoms with Crippen molar-refractivity contribution in [1.29, 1.82) is 0 Å². The highest BCUT2D eigenvalue weighted by molar-refractivity contribution is 7.85. The molecular weight excluding hydrogens is 278 g/mol. The van der Waals surface area contributed by atoms with E-state index in [9.17, 15) is 4.21 Å². The van der Waals surface area contributed by atoms with Crippen LogP contribution in [0.4, 0.5) is 0 Å². The number of nitrogens with zero attached hydrogens (tertiary/aromatic N) is 2. The number of nitrogens with one attached hydrogen (secondary N) is 1. The SMILES string of the molecule is COC1CC(C2=NCCCC2)NC(/C=N/O)C1S(C)=O. The molecule has 0 radical (unpaired) electrons. The summed E-state index contributed by atoms with van der Waals surface area (Å²) >= 11 is 0. The zero-order valence-corrected chi connectivity index (χ0v) is 12.8. The lowest BCUT2D eigenvalue weighted by Crippen LogP contribution is -2.61. The second-order valence-electron chi connectivity index (χ2n) is 5.31. The Morgan fingerprint density at radius 2 is 2.35 bits per heavy atom. The Kier molecular flexibility index (Phi) is 5.68. The summed E-state index contributed by atoms with van der Waals surface area (Å²) in [6, 6.07) is -0.151. The molecule has 2 heterocycles. The third kappa shape index (κ3) is 3.45. The number of ether oxygens (including phenoxy) is 1. The second-order valence-corrected chi connectivity index (χ2v) is 6.85. The van der Waals surface area contributed by atoms with Crippen molar-refractivity contribution < 1.29 is 14.2 Å². The van der Waals surface area contributed by atoms with E-state index in [1.54, 1.807) is 13.4 Å². The van der Waals surface area contributed by atoms with Crippen LogP contribution < -0.4 is 5.32 Å². The Hall–Kier alpha value is -0.790. The zero-order chi connectivity index (χ0) is 14.5. The van der Waals surface area contributed by atoms with Crippen LogP contribution in [0.15, 0.2) is 10.1 Å². The molecule has 1 saturated heterocycles. The van der Waals surface area contributed by atoms with Crippen LogP contribution in [-0.2, 0) is 15.5 Å². The maximum Gasteiger partial charge on any atom is 0.0812 e. The predicted molar refractivity (Wildman–Crippen MR) is 80.4 cm³/mol. The van der Waals surface area contributed by atoms with Crippen LogP contribution in [0.3, 0.4) is 0 Å². The summed E-state index contributed by atoms with van der Waals surface area (Å²) in [5, 5.41) is 15.2. The smallest absolute Gasteiger partial charge is 0.0812 e. The predicted octanol–water partition coefficient (Wildman–Crippen LogP) is 0.564. The normalized spacial score (nSPS) is 36.8. The van der Waals surface area contributed by atoms with Gasteiger partial charge in [0.05, 0.1) is 23.6 Å². The fourth-order valence-electron chi connectivity index (χ4n) is 3.08. The van der Waals surface area contributed by atoms with Gasteiger partial charge in [-0.25, -0.2) is 0 Å². The van der Waals surface area contributed by atoms with Crippen molar-refractivity contribution >= 4 is 22.7 Å². The third-order valence-corrected chi connectivity index (χ3v) is 5.42. The third-order valence-electron chi connectivity index (χ3n) is 4.05. The first kappa shape index (κ1) is 15.6. The fourth-order valence-corrected chi connectivity index (χ4v) is 4.29. The Bertz CT molecular complexity index is 414. The van der Waals surface area contributed by atoms with Crippen LogP contribution >= 0.6 is 0 Å². The molecule has 2 aliphatic heterocycles. The molecule has 0 bridgehead atoms. The topological polar surface area (TPSA) is 83.3 Å². The molecule has 2 aliphatic rings. The van der Waals surface area contributed by atoms with Gasteiger partial charge in [-0.15, -0.1) is 5.16 Å². The van der Waals surface area contributed by atoms with Gasteiger partial charge in [-0.1, -0.05) is 0 Å². The first-order valence-corrected chi connectivity index (χ1v) is 8.61. The van der Waals surface area contributed by atoms with Crippen LogP contribution in [0.2, 0.25) is 0 Å². The summed E-state index contributed by atoms with van der Waals surface area (Å²) in [7, 11) is 0.578. The average molecular weight is 301 g/mol. The molecule has 114 valence electrons. The van der Waals surface area contributed by atoms with Crippen molar-refractivity contribution in [3.05, 3.63) is 0 Å². The van der Waals surface area contributed by atoms with E-state index in [1.807, 2.05) is 0 Å². The summed E-state index contributed by atoms with van der Waals surface area (Å²) in [5.41, 5.74) is 1.16. The summed E-state index contributed by atoms with van der Waals surface area (Å²) in [4.78, 5) is 4.60. The molecule has 0 aromatic carbocycles. The maximum atomic E-state index is 12.0. The van der Waals surface area contributed by atoms with Crippen molar-refractivity contribution in [3.8, 4) is 0 Å². The first-order valence-electron chi connectivity index (χ1n) is 6.99. The number of methoxy groups -OCH3 is 1. The van der Waals surface area contributed by atoms with Gasteiger partial charge in [-0.05, 0) is 25.7 Å². The quantitative estimate of drug-likeness (QED) is 0.451. The molecule has 0 saturated carbocycles. The standard InChI is InChI=1S/C13H23N3O3S/c1-19-12-7-10(9-5-3-4-6-14-9)16-11(8-15-17)13(12)20(2)18/h8,10-13,16-17H,3-7H2,1-2H3/b15-8+. The molecule has 7 heteroatoms. The van der Waals surface area contributed by atoms with E-state index in [0.717, 1.165) is 37.9 Å². The molecule has 20 heavy (non-hydrogen) atoms. The molecule has 1 fully saturated rings. The highest BCUT2D eigenvalue weighted by atomic mass is 32.2. The average Bonchev–Trinajstić information content (AvgIpc) is 2.47. The van der Waals surface area contributed by atoms with Gasteiger partial charge in [0, 0.05) is 42.5 Å². The molecule has 0 spiro atoms. The number of rotatable bonds is 4. The van der Waals surface area contributed by atoms with E-state index in [1.165, 1.54) is 6.21 Å². The van der Waals surface area contributed by atoms with E-state index in [0.29, 0.717) is 0 Å². The summed E-state index contributed by atoms with van der Waals surface area (Å²) in [6.07, 6.45) is 7.01. The van der Waals surface area contributed by atoms with E-state index in [2.05, 4.69) is 15.5 Å². The molecule has 0 aromatic rings. The summed E-state index contributed by atoms with van der Waals surface area (Å²) in [5.74, 6) is 0. The lowest BCUT2D eigenvalue weighted by molar-refractivity contribution is 0.0680. The van der Waals surface area contributed by atoms with Crippen molar-refractivity contribution in [1.82, 2.24) is 5.32 Å². The van der Waals surface area contributed by atoms with Crippen LogP contribution in [-0.4, -0.2) is 64.7 Å². The number of hydrogen-bond acceptors (Lipinski definition) is 6. The van der Waals surface area contributed by atoms with E-state index in [-0.39, 0.29) is 23.4 Å². The van der Waals surface area contributed by atoms with Gasteiger partial charge in [-0.3, -0.25) is 14.5 Å². The molecule has 5 unspecified atom stereocenters. The Labute approximate surface area is 122 Å². The number of hydrogen-bond donors (Lipinski definition) is 2. The zero-order valence-electron chi connectivity index (χ0n) is 12.0. The largest absolute Gasteiger partial charge is 0.411 e. The van der Waals surface area contributed by atoms with Gasteiger partial charge in [0.1, 0.15) is 0 Å². The van der Waals surface area contributed by atoms with Crippen molar-refractivity contribution in [3.63, 3.8) is 0 Å². The first-order chi connectivity index (χ1) is 9.67. The van der Waals surface area contributed by atoms with Crippen molar-refractivity contribution in [2.75, 3.05) is 19.9 Å². The lowest BCUT2D eigenvalue weighted by Gasteiger charge is -2.40. The molecule has 2 N–H and O–H groups in total. The van der Waals surface area contributed by atoms with Crippen LogP contribution in [0.1, 0.15) is 25.7 Å². The second kappa shape index (κ2) is 7.28. The number of aliphatic imine (C=N–C) groups is 1. The highest BCUT2D eigenvalue weighted by Crippen LogP contribution is 2.23. The minimum Gasteiger partial charge on any atom is -0.411 e. The van der Waals surface area contributed by atoms with Gasteiger partial charge >= 0.3 is 0 Å². The van der Waals surface area contributed by atoms with Crippen LogP contribution in [0.25, 0.3) is 0 Å². The van der Waals surface area contributed by atoms with E-state index in [4.69, 9.17) is 9.94 Å². The minimum absolute atomic E-state index is 0.114.